The molecule has 2 aromatic heterocycles. The second-order valence-corrected chi connectivity index (χ2v) is 25.3. The molecule has 0 saturated heterocycles. The first-order valence-corrected chi connectivity index (χ1v) is 33.3. The van der Waals surface area contributed by atoms with Crippen LogP contribution in [0.15, 0.2) is 373 Å². The van der Waals surface area contributed by atoms with Crippen LogP contribution in [-0.4, -0.2) is 0 Å². The second-order valence-electron chi connectivity index (χ2n) is 25.3. The number of hydrogen-bond donors (Lipinski definition) is 0. The van der Waals surface area contributed by atoms with Gasteiger partial charge in [-0.15, -0.1) is 0 Å². The number of rotatable bonds is 12. The molecule has 0 saturated carbocycles. The molecule has 0 fully saturated rings. The highest BCUT2D eigenvalue weighted by Gasteiger charge is 2.49. The lowest BCUT2D eigenvalue weighted by Gasteiger charge is -2.36. The van der Waals surface area contributed by atoms with E-state index < -0.39 is 5.41 Å². The summed E-state index contributed by atoms with van der Waals surface area (Å²) in [5.74, 6) is 0. The van der Waals surface area contributed by atoms with Crippen molar-refractivity contribution in [1.82, 2.24) is 0 Å². The average molecular weight is 1240 g/mol. The van der Waals surface area contributed by atoms with E-state index in [0.717, 1.165) is 155 Å². The van der Waals surface area contributed by atoms with Crippen molar-refractivity contribution in [2.75, 3.05) is 9.80 Å². The molecule has 18 aromatic rings. The summed E-state index contributed by atoms with van der Waals surface area (Å²) in [5.41, 5.74) is 24.3. The van der Waals surface area contributed by atoms with Gasteiger partial charge in [-0.05, 0) is 126 Å². The van der Waals surface area contributed by atoms with Crippen LogP contribution in [0.25, 0.3) is 121 Å². The predicted molar refractivity (Wildman–Crippen MR) is 404 cm³/mol. The topological polar surface area (TPSA) is 32.8 Å². The van der Waals surface area contributed by atoms with Crippen LogP contribution < -0.4 is 9.80 Å². The Bertz CT molecular complexity index is 5650. The van der Waals surface area contributed by atoms with Crippen molar-refractivity contribution < 1.29 is 8.83 Å². The van der Waals surface area contributed by atoms with E-state index >= 15 is 0 Å². The average Bonchev–Trinajstić information content (AvgIpc) is 1.53. The summed E-state index contributed by atoms with van der Waals surface area (Å²) in [6, 6.07) is 133. The van der Waals surface area contributed by atoms with Crippen molar-refractivity contribution >= 4 is 99.5 Å². The molecule has 19 rings (SSSR count). The van der Waals surface area contributed by atoms with Gasteiger partial charge in [0.2, 0.25) is 0 Å². The third-order valence-corrected chi connectivity index (χ3v) is 20.1. The van der Waals surface area contributed by atoms with Crippen LogP contribution in [0.1, 0.15) is 22.3 Å². The first-order chi connectivity index (χ1) is 48.2. The van der Waals surface area contributed by atoms with Crippen LogP contribution in [-0.2, 0) is 5.41 Å². The summed E-state index contributed by atoms with van der Waals surface area (Å²) in [6.07, 6.45) is 0. The molecular formula is C93H60N2O2. The second kappa shape index (κ2) is 22.8. The number of anilines is 6. The first kappa shape index (κ1) is 55.8. The molecule has 4 nitrogen and oxygen atoms in total. The predicted octanol–water partition coefficient (Wildman–Crippen LogP) is 25.8. The van der Waals surface area contributed by atoms with E-state index in [9.17, 15) is 0 Å². The van der Waals surface area contributed by atoms with Gasteiger partial charge in [0.15, 0.2) is 11.2 Å². The van der Waals surface area contributed by atoms with Crippen molar-refractivity contribution in [3.63, 3.8) is 0 Å². The molecule has 97 heavy (non-hydrogen) atoms. The van der Waals surface area contributed by atoms with Crippen molar-refractivity contribution in [3.8, 4) is 55.6 Å². The van der Waals surface area contributed by atoms with Gasteiger partial charge >= 0.3 is 0 Å². The highest BCUT2D eigenvalue weighted by Crippen LogP contribution is 2.63. The zero-order valence-electron chi connectivity index (χ0n) is 52.9. The van der Waals surface area contributed by atoms with Crippen LogP contribution in [0.5, 0.6) is 0 Å². The molecule has 454 valence electrons. The molecule has 0 aliphatic heterocycles. The van der Waals surface area contributed by atoms with Crippen molar-refractivity contribution in [3.05, 3.63) is 386 Å². The number of furan rings is 2. The summed E-state index contributed by atoms with van der Waals surface area (Å²) in [6.45, 7) is 0. The molecule has 0 atom stereocenters. The van der Waals surface area contributed by atoms with Gasteiger partial charge in [-0.3, -0.25) is 0 Å². The maximum absolute atomic E-state index is 7.42. The van der Waals surface area contributed by atoms with Crippen LogP contribution >= 0.6 is 0 Å². The minimum absolute atomic E-state index is 0.807. The van der Waals surface area contributed by atoms with E-state index in [4.69, 9.17) is 8.83 Å². The minimum Gasteiger partial charge on any atom is -0.453 e. The van der Waals surface area contributed by atoms with Gasteiger partial charge in [0.25, 0.3) is 0 Å². The number of fused-ring (bicyclic) bond motifs is 13. The smallest absolute Gasteiger partial charge is 0.159 e. The Morgan fingerprint density at radius 3 is 0.866 bits per heavy atom. The fourth-order valence-corrected chi connectivity index (χ4v) is 15.9. The quantitative estimate of drug-likeness (QED) is 0.122. The fraction of sp³-hybridized carbons (Fsp3) is 0.0108. The summed E-state index contributed by atoms with van der Waals surface area (Å²) in [5, 5.41) is 8.73. The molecule has 0 N–H and O–H groups in total. The maximum Gasteiger partial charge on any atom is 0.159 e. The molecule has 0 bridgehead atoms. The summed E-state index contributed by atoms with van der Waals surface area (Å²) < 4.78 is 14.8. The molecule has 16 aromatic carbocycles. The molecule has 0 amide bonds. The van der Waals surface area contributed by atoms with Gasteiger partial charge in [0.1, 0.15) is 11.2 Å². The Kier molecular flexibility index (Phi) is 13.1. The largest absolute Gasteiger partial charge is 0.453 e. The molecule has 1 aliphatic rings. The Balaban J connectivity index is 0.917. The Hall–Kier alpha value is -12.8. The molecule has 1 aliphatic carbocycles. The first-order valence-electron chi connectivity index (χ1n) is 33.3. The number of benzene rings is 16. The molecule has 4 heteroatoms. The van der Waals surface area contributed by atoms with Crippen molar-refractivity contribution in [2.24, 2.45) is 0 Å². The molecule has 0 unspecified atom stereocenters. The maximum atomic E-state index is 7.42. The van der Waals surface area contributed by atoms with Gasteiger partial charge in [-0.2, -0.15) is 0 Å². The molecular weight excluding hydrogens is 1180 g/mol. The molecule has 0 radical (unpaired) electrons. The number of para-hydroxylation sites is 4. The highest BCUT2D eigenvalue weighted by atomic mass is 16.3. The van der Waals surface area contributed by atoms with Gasteiger partial charge in [0.05, 0.1) is 28.2 Å². The van der Waals surface area contributed by atoms with Crippen LogP contribution in [0.3, 0.4) is 0 Å². The van der Waals surface area contributed by atoms with Crippen LogP contribution in [0.2, 0.25) is 0 Å². The Morgan fingerprint density at radius 1 is 0.206 bits per heavy atom. The van der Waals surface area contributed by atoms with Crippen LogP contribution in [0.4, 0.5) is 34.1 Å². The summed E-state index contributed by atoms with van der Waals surface area (Å²) in [4.78, 5) is 4.94. The third-order valence-electron chi connectivity index (χ3n) is 20.1. The van der Waals surface area contributed by atoms with Crippen molar-refractivity contribution in [2.45, 2.75) is 5.41 Å². The van der Waals surface area contributed by atoms with E-state index in [1.165, 1.54) is 22.3 Å². The minimum atomic E-state index is -0.900. The van der Waals surface area contributed by atoms with Gasteiger partial charge in [0, 0.05) is 54.8 Å². The lowest BCUT2D eigenvalue weighted by atomic mass is 9.67. The van der Waals surface area contributed by atoms with E-state index in [1.807, 2.05) is 0 Å². The molecule has 2 heterocycles. The zero-order valence-corrected chi connectivity index (χ0v) is 52.9. The molecule has 0 spiro atoms. The standard InChI is InChI=1S/C93H60N2O2/c1-7-27-61(28-8-1)63-51-55-69(56-52-63)94(83-49-25-47-79-77-45-23-43-71(89(77)96-91(79)83)65-31-11-3-12-32-65)85-59-81-87(75-41-21-19-39-73(75)85)88-76-42-22-20-40-74(76)86(60-82(88)93(81,67-35-15-5-16-36-67)68-37-17-6-18-38-68)95(70-57-53-64(54-58-70)62-29-9-2-10-30-62)84-50-26-48-80-78-46-24-44-72(90(78)97-92(80)84)66-33-13-4-14-34-66/h1-60H. The van der Waals surface area contributed by atoms with Gasteiger partial charge in [-0.1, -0.05) is 315 Å². The summed E-state index contributed by atoms with van der Waals surface area (Å²) >= 11 is 0. The normalized spacial score (nSPS) is 12.4. The number of hydrogen-bond acceptors (Lipinski definition) is 4. The van der Waals surface area contributed by atoms with Gasteiger partial charge < -0.3 is 18.6 Å². The Morgan fingerprint density at radius 2 is 0.495 bits per heavy atom. The van der Waals surface area contributed by atoms with E-state index in [2.05, 4.69) is 374 Å². The lowest BCUT2D eigenvalue weighted by molar-refractivity contribution is 0.670. The van der Waals surface area contributed by atoms with E-state index in [-0.39, 0.29) is 0 Å². The lowest BCUT2D eigenvalue weighted by Crippen LogP contribution is -2.29. The SMILES string of the molecule is c1ccc(-c2ccc(N(c3cc4c(c5ccccc35)-c3c(cc(N(c5ccc(-c6ccccc6)cc5)c5cccc6c5oc5c(-c7ccccc7)cccc56)c5ccccc35)C4(c3ccccc3)c3ccccc3)c3cccc4c3oc3c(-c5ccccc5)cccc34)cc2)cc1. The Labute approximate surface area is 562 Å². The van der Waals surface area contributed by atoms with Crippen molar-refractivity contribution in [1.29, 1.82) is 0 Å². The van der Waals surface area contributed by atoms with Gasteiger partial charge in [-0.25, -0.2) is 0 Å². The zero-order chi connectivity index (χ0) is 64.0. The number of nitrogens with zero attached hydrogens (tertiary/aromatic N) is 2. The summed E-state index contributed by atoms with van der Waals surface area (Å²) in [7, 11) is 0. The van der Waals surface area contributed by atoms with Crippen LogP contribution in [0, 0.1) is 0 Å². The third kappa shape index (κ3) is 8.84. The van der Waals surface area contributed by atoms with E-state index in [1.54, 1.807) is 0 Å². The fourth-order valence-electron chi connectivity index (χ4n) is 15.9. The van der Waals surface area contributed by atoms with E-state index in [0.29, 0.717) is 0 Å². The highest BCUT2D eigenvalue weighted by molar-refractivity contribution is 6.21. The monoisotopic (exact) mass is 1240 g/mol.